The van der Waals surface area contributed by atoms with Crippen LogP contribution in [0.2, 0.25) is 0 Å². The quantitative estimate of drug-likeness (QED) is 0.926. The van der Waals surface area contributed by atoms with Crippen LogP contribution in [0.15, 0.2) is 46.5 Å². The minimum atomic E-state index is -1.18. The summed E-state index contributed by atoms with van der Waals surface area (Å²) >= 11 is 0. The number of hydrogen-bond donors (Lipinski definition) is 1. The highest BCUT2D eigenvalue weighted by Gasteiger charge is 2.54. The second-order valence-electron chi connectivity index (χ2n) is 4.94. The Hall–Kier alpha value is -2.50. The van der Waals surface area contributed by atoms with Crippen LogP contribution in [0.25, 0.3) is 0 Å². The molecule has 2 aliphatic heterocycles. The Morgan fingerprint density at radius 3 is 2.90 bits per heavy atom. The van der Waals surface area contributed by atoms with Crippen molar-refractivity contribution in [1.29, 1.82) is 0 Å². The molecule has 0 aromatic heterocycles. The third-order valence-corrected chi connectivity index (χ3v) is 3.88. The van der Waals surface area contributed by atoms with Gasteiger partial charge in [0.25, 0.3) is 0 Å². The molecule has 2 unspecified atom stereocenters. The summed E-state index contributed by atoms with van der Waals surface area (Å²) in [7, 11) is 0. The fraction of sp³-hybridized carbons (Fsp3) is 0.267. The van der Waals surface area contributed by atoms with Gasteiger partial charge < -0.3 is 5.11 Å². The molecule has 21 heavy (non-hydrogen) atoms. The first-order valence-corrected chi connectivity index (χ1v) is 6.67. The third kappa shape index (κ3) is 1.86. The summed E-state index contributed by atoms with van der Waals surface area (Å²) in [5, 5.41) is 15.1. The molecule has 6 heteroatoms. The molecule has 0 spiro atoms. The van der Waals surface area contributed by atoms with Gasteiger partial charge in [0, 0.05) is 11.8 Å². The van der Waals surface area contributed by atoms with Gasteiger partial charge in [0.1, 0.15) is 17.2 Å². The number of aliphatic imine (C=N–C) groups is 1. The second kappa shape index (κ2) is 4.80. The van der Waals surface area contributed by atoms with Gasteiger partial charge in [0.2, 0.25) is 0 Å². The maximum atomic E-state index is 14.3. The lowest BCUT2D eigenvalue weighted by Gasteiger charge is -2.32. The molecule has 0 aliphatic carbocycles. The molecule has 3 rings (SSSR count). The number of aliphatic carboxylic acids is 1. The molecule has 0 amide bonds. The van der Waals surface area contributed by atoms with Crippen LogP contribution in [0.5, 0.6) is 0 Å². The largest absolute Gasteiger partial charge is 0.480 e. The summed E-state index contributed by atoms with van der Waals surface area (Å²) in [6.07, 6.45) is 5.22. The lowest BCUT2D eigenvalue weighted by atomic mass is 9.81. The highest BCUT2D eigenvalue weighted by molar-refractivity contribution is 6.03. The van der Waals surface area contributed by atoms with E-state index in [0.717, 1.165) is 0 Å². The number of nitrogens with zero attached hydrogens (tertiary/aromatic N) is 3. The average molecular weight is 287 g/mol. The Kier molecular flexibility index (Phi) is 3.08. The van der Waals surface area contributed by atoms with Gasteiger partial charge in [0.15, 0.2) is 6.04 Å². The number of hydrogen-bond acceptors (Lipinski definition) is 4. The Morgan fingerprint density at radius 2 is 2.24 bits per heavy atom. The Labute approximate surface area is 121 Å². The van der Waals surface area contributed by atoms with Crippen molar-refractivity contribution in [1.82, 2.24) is 5.01 Å². The van der Waals surface area contributed by atoms with E-state index in [9.17, 15) is 14.3 Å². The lowest BCUT2D eigenvalue weighted by molar-refractivity contribution is -0.143. The number of rotatable bonds is 3. The summed E-state index contributed by atoms with van der Waals surface area (Å²) in [5.74, 6) is -1.09. The smallest absolute Gasteiger partial charge is 0.331 e. The first-order valence-electron chi connectivity index (χ1n) is 6.67. The maximum Gasteiger partial charge on any atom is 0.331 e. The van der Waals surface area contributed by atoms with Gasteiger partial charge >= 0.3 is 5.97 Å². The van der Waals surface area contributed by atoms with Crippen molar-refractivity contribution in [3.63, 3.8) is 0 Å². The molecule has 2 aliphatic rings. The van der Waals surface area contributed by atoms with E-state index < -0.39 is 23.4 Å². The van der Waals surface area contributed by atoms with Gasteiger partial charge in [-0.2, -0.15) is 5.10 Å². The van der Waals surface area contributed by atoms with E-state index in [-0.39, 0.29) is 5.56 Å². The number of hydrazone groups is 1. The predicted molar refractivity (Wildman–Crippen MR) is 76.7 cm³/mol. The summed E-state index contributed by atoms with van der Waals surface area (Å²) in [6, 6.07) is 5.11. The Balaban J connectivity index is 2.22. The molecule has 2 heterocycles. The molecule has 1 N–H and O–H groups in total. The second-order valence-corrected chi connectivity index (χ2v) is 4.94. The zero-order valence-electron chi connectivity index (χ0n) is 11.4. The van der Waals surface area contributed by atoms with E-state index in [2.05, 4.69) is 10.1 Å². The molecule has 1 aromatic rings. The van der Waals surface area contributed by atoms with Crippen molar-refractivity contribution in [3.8, 4) is 0 Å². The van der Waals surface area contributed by atoms with Crippen molar-refractivity contribution in [2.75, 3.05) is 0 Å². The van der Waals surface area contributed by atoms with E-state index >= 15 is 0 Å². The van der Waals surface area contributed by atoms with Crippen molar-refractivity contribution in [2.24, 2.45) is 10.1 Å². The fourth-order valence-electron chi connectivity index (χ4n) is 2.92. The minimum absolute atomic E-state index is 0.283. The van der Waals surface area contributed by atoms with Crippen molar-refractivity contribution >= 4 is 18.0 Å². The van der Waals surface area contributed by atoms with Gasteiger partial charge in [-0.3, -0.25) is 4.99 Å². The van der Waals surface area contributed by atoms with Gasteiger partial charge in [-0.1, -0.05) is 25.1 Å². The number of benzene rings is 1. The van der Waals surface area contributed by atoms with Gasteiger partial charge in [-0.05, 0) is 24.6 Å². The number of carboxylic acids is 1. The van der Waals surface area contributed by atoms with Crippen LogP contribution in [-0.2, 0) is 10.3 Å². The monoisotopic (exact) mass is 287 g/mol. The van der Waals surface area contributed by atoms with Crippen molar-refractivity contribution in [2.45, 2.75) is 24.9 Å². The fourth-order valence-corrected chi connectivity index (χ4v) is 2.92. The Bertz CT molecular complexity index is 683. The van der Waals surface area contributed by atoms with Crippen LogP contribution in [-0.4, -0.2) is 34.2 Å². The van der Waals surface area contributed by atoms with Crippen LogP contribution >= 0.6 is 0 Å². The first-order chi connectivity index (χ1) is 10.1. The van der Waals surface area contributed by atoms with E-state index in [1.807, 2.05) is 0 Å². The zero-order valence-corrected chi connectivity index (χ0v) is 11.4. The average Bonchev–Trinajstić information content (AvgIpc) is 2.83. The van der Waals surface area contributed by atoms with E-state index in [4.69, 9.17) is 0 Å². The highest BCUT2D eigenvalue weighted by Crippen LogP contribution is 2.42. The lowest BCUT2D eigenvalue weighted by Crippen LogP contribution is -2.48. The highest BCUT2D eigenvalue weighted by atomic mass is 19.1. The molecule has 0 saturated carbocycles. The van der Waals surface area contributed by atoms with Crippen molar-refractivity contribution < 1.29 is 14.3 Å². The molecule has 0 bridgehead atoms. The predicted octanol–water partition coefficient (Wildman–Crippen LogP) is 2.15. The van der Waals surface area contributed by atoms with Crippen molar-refractivity contribution in [3.05, 3.63) is 47.8 Å². The Morgan fingerprint density at radius 1 is 1.48 bits per heavy atom. The molecular formula is C15H14FN3O2. The molecule has 1 aromatic carbocycles. The molecule has 108 valence electrons. The van der Waals surface area contributed by atoms with E-state index in [1.165, 1.54) is 17.3 Å². The van der Waals surface area contributed by atoms with Gasteiger partial charge in [0.05, 0.1) is 0 Å². The van der Waals surface area contributed by atoms with E-state index in [1.54, 1.807) is 37.3 Å². The van der Waals surface area contributed by atoms with E-state index in [0.29, 0.717) is 12.3 Å². The topological polar surface area (TPSA) is 65.3 Å². The van der Waals surface area contributed by atoms with Crippen LogP contribution < -0.4 is 0 Å². The number of halogens is 1. The first kappa shape index (κ1) is 13.5. The molecule has 0 saturated heterocycles. The van der Waals surface area contributed by atoms with Crippen LogP contribution in [0.3, 0.4) is 0 Å². The maximum absolute atomic E-state index is 14.3. The molecular weight excluding hydrogens is 273 g/mol. The van der Waals surface area contributed by atoms with Gasteiger partial charge in [-0.15, -0.1) is 0 Å². The molecule has 5 nitrogen and oxygen atoms in total. The third-order valence-electron chi connectivity index (χ3n) is 3.88. The number of fused-ring (bicyclic) bond motifs is 1. The number of carboxylic acid groups (broad SMARTS) is 1. The summed E-state index contributed by atoms with van der Waals surface area (Å²) in [6.45, 7) is 1.80. The number of allylic oxidation sites excluding steroid dienone is 1. The van der Waals surface area contributed by atoms with Crippen LogP contribution in [0.4, 0.5) is 4.39 Å². The summed E-state index contributed by atoms with van der Waals surface area (Å²) < 4.78 is 14.3. The molecule has 0 radical (unpaired) electrons. The van der Waals surface area contributed by atoms with Crippen LogP contribution in [0.1, 0.15) is 18.9 Å². The minimum Gasteiger partial charge on any atom is -0.480 e. The van der Waals surface area contributed by atoms with Crippen LogP contribution in [0, 0.1) is 5.82 Å². The standard InChI is InChI=1S/C15H14FN3O2/c1-2-15(10-6-3-4-7-11(10)16)13(14(20)21)19-12(18-15)8-5-9-17-19/h3-9,13H,2H2,1H3,(H,20,21). The van der Waals surface area contributed by atoms with Gasteiger partial charge in [-0.25, -0.2) is 14.2 Å². The normalized spacial score (nSPS) is 26.7. The molecule has 0 fully saturated rings. The summed E-state index contributed by atoms with van der Waals surface area (Å²) in [5.41, 5.74) is -0.899. The number of carbonyl (C=O) groups is 1. The SMILES string of the molecule is CCC1(c2ccccc2F)N=C2C=CC=NN2C1C(=O)O. The number of amidine groups is 1. The molecule has 2 atom stereocenters. The summed E-state index contributed by atoms with van der Waals surface area (Å²) in [4.78, 5) is 16.3. The zero-order chi connectivity index (χ0) is 15.0.